The van der Waals surface area contributed by atoms with Gasteiger partial charge in [-0.15, -0.1) is 0 Å². The number of sulfonamides is 1. The minimum absolute atomic E-state index is 0.118. The first-order chi connectivity index (χ1) is 9.88. The molecule has 0 bridgehead atoms. The van der Waals surface area contributed by atoms with E-state index in [1.54, 1.807) is 6.92 Å². The predicted octanol–water partition coefficient (Wildman–Crippen LogP) is 3.35. The Morgan fingerprint density at radius 1 is 1.05 bits per heavy atom. The lowest BCUT2D eigenvalue weighted by Gasteiger charge is -2.06. The van der Waals surface area contributed by atoms with Crippen molar-refractivity contribution in [1.29, 1.82) is 0 Å². The first-order valence-electron chi connectivity index (χ1n) is 6.27. The van der Waals surface area contributed by atoms with Crippen LogP contribution in [0.2, 0.25) is 5.02 Å². The fourth-order valence-corrected chi connectivity index (χ4v) is 2.64. The number of halogens is 1. The molecule has 0 radical (unpaired) electrons. The summed E-state index contributed by atoms with van der Waals surface area (Å²) in [5.41, 5.74) is 2.58. The van der Waals surface area contributed by atoms with Gasteiger partial charge >= 0.3 is 0 Å². The number of aryl methyl sites for hydroxylation is 1. The molecule has 21 heavy (non-hydrogen) atoms. The van der Waals surface area contributed by atoms with E-state index in [0.29, 0.717) is 10.7 Å². The molecular formula is C15H15ClN2O2S. The molecule has 0 aromatic heterocycles. The lowest BCUT2D eigenvalue weighted by atomic mass is 10.1. The van der Waals surface area contributed by atoms with Gasteiger partial charge in [-0.1, -0.05) is 41.4 Å². The number of nitrogens with one attached hydrogen (secondary N) is 1. The van der Waals surface area contributed by atoms with Gasteiger partial charge < -0.3 is 0 Å². The van der Waals surface area contributed by atoms with Gasteiger partial charge in [0.25, 0.3) is 10.0 Å². The van der Waals surface area contributed by atoms with Gasteiger partial charge in [-0.05, 0) is 43.7 Å². The highest BCUT2D eigenvalue weighted by molar-refractivity contribution is 7.89. The lowest BCUT2D eigenvalue weighted by molar-refractivity contribution is 0.584. The molecule has 0 aliphatic heterocycles. The average molecular weight is 323 g/mol. The minimum atomic E-state index is -3.68. The van der Waals surface area contributed by atoms with Gasteiger partial charge in [0.15, 0.2) is 0 Å². The van der Waals surface area contributed by atoms with Crippen LogP contribution >= 0.6 is 11.6 Å². The number of nitrogens with zero attached hydrogens (tertiary/aromatic N) is 1. The van der Waals surface area contributed by atoms with Crippen LogP contribution in [0.25, 0.3) is 0 Å². The first-order valence-corrected chi connectivity index (χ1v) is 8.13. The SMILES string of the molecule is C/C(=N\NS(=O)(=O)c1ccc(Cl)cc1)c1ccc(C)cc1. The Morgan fingerprint density at radius 2 is 1.62 bits per heavy atom. The Hall–Kier alpha value is -1.85. The molecule has 0 atom stereocenters. The van der Waals surface area contributed by atoms with E-state index >= 15 is 0 Å². The highest BCUT2D eigenvalue weighted by atomic mass is 35.5. The van der Waals surface area contributed by atoms with Crippen LogP contribution in [-0.4, -0.2) is 14.1 Å². The van der Waals surface area contributed by atoms with Crippen LogP contribution in [0.15, 0.2) is 58.5 Å². The highest BCUT2D eigenvalue weighted by Gasteiger charge is 2.12. The third kappa shape index (κ3) is 4.06. The first kappa shape index (κ1) is 15.5. The smallest absolute Gasteiger partial charge is 0.200 e. The van der Waals surface area contributed by atoms with Gasteiger partial charge in [0.2, 0.25) is 0 Å². The number of hydrogen-bond acceptors (Lipinski definition) is 3. The van der Waals surface area contributed by atoms with Crippen LogP contribution in [0.1, 0.15) is 18.1 Å². The summed E-state index contributed by atoms with van der Waals surface area (Å²) in [7, 11) is -3.68. The van der Waals surface area contributed by atoms with Gasteiger partial charge in [-0.2, -0.15) is 18.4 Å². The van der Waals surface area contributed by atoms with Crippen LogP contribution in [-0.2, 0) is 10.0 Å². The van der Waals surface area contributed by atoms with E-state index in [0.717, 1.165) is 11.1 Å². The van der Waals surface area contributed by atoms with Crippen LogP contribution in [0, 0.1) is 6.92 Å². The van der Waals surface area contributed by atoms with E-state index in [-0.39, 0.29) is 4.90 Å². The molecule has 0 heterocycles. The zero-order valence-electron chi connectivity index (χ0n) is 11.7. The van der Waals surface area contributed by atoms with Crippen molar-refractivity contribution in [1.82, 2.24) is 4.83 Å². The van der Waals surface area contributed by atoms with E-state index < -0.39 is 10.0 Å². The van der Waals surface area contributed by atoms with Crippen molar-refractivity contribution in [3.8, 4) is 0 Å². The van der Waals surface area contributed by atoms with Crippen LogP contribution in [0.4, 0.5) is 0 Å². The minimum Gasteiger partial charge on any atom is -0.200 e. The normalized spacial score (nSPS) is 12.2. The van der Waals surface area contributed by atoms with Crippen LogP contribution < -0.4 is 4.83 Å². The summed E-state index contributed by atoms with van der Waals surface area (Å²) in [5.74, 6) is 0. The van der Waals surface area contributed by atoms with E-state index in [2.05, 4.69) is 9.93 Å². The maximum absolute atomic E-state index is 12.1. The Balaban J connectivity index is 2.18. The predicted molar refractivity (Wildman–Crippen MR) is 85.2 cm³/mol. The third-order valence-corrected chi connectivity index (χ3v) is 4.40. The monoisotopic (exact) mass is 322 g/mol. The molecule has 6 heteroatoms. The van der Waals surface area contributed by atoms with Gasteiger partial charge in [-0.3, -0.25) is 0 Å². The molecular weight excluding hydrogens is 308 g/mol. The fourth-order valence-electron chi connectivity index (χ4n) is 1.65. The summed E-state index contributed by atoms with van der Waals surface area (Å²) in [6.45, 7) is 3.73. The molecule has 0 aliphatic carbocycles. The van der Waals surface area contributed by atoms with Crippen molar-refractivity contribution < 1.29 is 8.42 Å². The molecule has 0 spiro atoms. The average Bonchev–Trinajstić information content (AvgIpc) is 2.46. The molecule has 110 valence electrons. The summed E-state index contributed by atoms with van der Waals surface area (Å²) in [5, 5.41) is 4.42. The molecule has 0 saturated heterocycles. The number of rotatable bonds is 4. The molecule has 0 amide bonds. The van der Waals surface area contributed by atoms with Crippen LogP contribution in [0.5, 0.6) is 0 Å². The number of hydrazone groups is 1. The zero-order chi connectivity index (χ0) is 15.5. The van der Waals surface area contributed by atoms with E-state index in [1.165, 1.54) is 24.3 Å². The summed E-state index contributed by atoms with van der Waals surface area (Å²) < 4.78 is 24.1. The standard InChI is InChI=1S/C15H15ClN2O2S/c1-11-3-5-13(6-4-11)12(2)17-18-21(19,20)15-9-7-14(16)8-10-15/h3-10,18H,1-2H3/b17-12+. The second kappa shape index (κ2) is 6.28. The second-order valence-electron chi connectivity index (χ2n) is 4.61. The van der Waals surface area contributed by atoms with Crippen molar-refractivity contribution in [2.75, 3.05) is 0 Å². The molecule has 0 saturated carbocycles. The quantitative estimate of drug-likeness (QED) is 0.693. The van der Waals surface area contributed by atoms with Crippen molar-refractivity contribution in [3.05, 3.63) is 64.7 Å². The Labute approximate surface area is 129 Å². The molecule has 2 aromatic rings. The largest absolute Gasteiger partial charge is 0.276 e. The van der Waals surface area contributed by atoms with E-state index in [9.17, 15) is 8.42 Å². The molecule has 1 N–H and O–H groups in total. The van der Waals surface area contributed by atoms with Crippen LogP contribution in [0.3, 0.4) is 0 Å². The Kier molecular flexibility index (Phi) is 4.65. The van der Waals surface area contributed by atoms with Crippen molar-refractivity contribution in [2.24, 2.45) is 5.10 Å². The zero-order valence-corrected chi connectivity index (χ0v) is 13.2. The molecule has 0 unspecified atom stereocenters. The van der Waals surface area contributed by atoms with Gasteiger partial charge in [-0.25, -0.2) is 0 Å². The maximum Gasteiger partial charge on any atom is 0.276 e. The molecule has 0 aliphatic rings. The summed E-state index contributed by atoms with van der Waals surface area (Å²) in [4.78, 5) is 2.34. The fraction of sp³-hybridized carbons (Fsp3) is 0.133. The Bertz CT molecular complexity index is 751. The third-order valence-electron chi connectivity index (χ3n) is 2.93. The van der Waals surface area contributed by atoms with Crippen molar-refractivity contribution in [3.63, 3.8) is 0 Å². The molecule has 4 nitrogen and oxygen atoms in total. The van der Waals surface area contributed by atoms with Crippen molar-refractivity contribution >= 4 is 27.3 Å². The Morgan fingerprint density at radius 3 is 2.19 bits per heavy atom. The van der Waals surface area contributed by atoms with Crippen molar-refractivity contribution in [2.45, 2.75) is 18.7 Å². The number of benzene rings is 2. The topological polar surface area (TPSA) is 58.5 Å². The van der Waals surface area contributed by atoms with Gasteiger partial charge in [0.1, 0.15) is 0 Å². The summed E-state index contributed by atoms with van der Waals surface area (Å²) >= 11 is 5.74. The molecule has 0 fully saturated rings. The van der Waals surface area contributed by atoms with Gasteiger partial charge in [0, 0.05) is 5.02 Å². The summed E-state index contributed by atoms with van der Waals surface area (Å²) in [6, 6.07) is 13.6. The molecule has 2 rings (SSSR count). The lowest BCUT2D eigenvalue weighted by Crippen LogP contribution is -2.19. The number of hydrogen-bond donors (Lipinski definition) is 1. The van der Waals surface area contributed by atoms with E-state index in [1.807, 2.05) is 31.2 Å². The van der Waals surface area contributed by atoms with Gasteiger partial charge in [0.05, 0.1) is 10.6 Å². The maximum atomic E-state index is 12.1. The van der Waals surface area contributed by atoms with E-state index in [4.69, 9.17) is 11.6 Å². The molecule has 2 aromatic carbocycles. The summed E-state index contributed by atoms with van der Waals surface area (Å²) in [6.07, 6.45) is 0. The highest BCUT2D eigenvalue weighted by Crippen LogP contribution is 2.14. The second-order valence-corrected chi connectivity index (χ2v) is 6.71.